The maximum atomic E-state index is 11.4. The van der Waals surface area contributed by atoms with Crippen LogP contribution in [0.15, 0.2) is 48.5 Å². The van der Waals surface area contributed by atoms with Crippen LogP contribution < -0.4 is 4.90 Å². The van der Waals surface area contributed by atoms with Crippen molar-refractivity contribution >= 4 is 23.6 Å². The number of hydrogen-bond acceptors (Lipinski definition) is 2. The van der Waals surface area contributed by atoms with E-state index in [9.17, 15) is 4.79 Å². The van der Waals surface area contributed by atoms with Gasteiger partial charge in [-0.3, -0.25) is 4.79 Å². The number of unbranched alkanes of at least 4 members (excludes halogenated alkanes) is 4. The lowest BCUT2D eigenvalue weighted by Crippen LogP contribution is -2.25. The zero-order valence-electron chi connectivity index (χ0n) is 17.8. The second kappa shape index (κ2) is 12.2. The normalized spacial score (nSPS) is 11.1. The van der Waals surface area contributed by atoms with Crippen molar-refractivity contribution in [3.8, 4) is 0 Å². The molecule has 28 heavy (non-hydrogen) atoms. The van der Waals surface area contributed by atoms with Crippen LogP contribution in [0.25, 0.3) is 12.2 Å². The van der Waals surface area contributed by atoms with E-state index in [-0.39, 0.29) is 5.78 Å². The van der Waals surface area contributed by atoms with Gasteiger partial charge in [-0.05, 0) is 43.0 Å². The molecule has 2 rings (SSSR count). The van der Waals surface area contributed by atoms with E-state index in [1.165, 1.54) is 49.8 Å². The van der Waals surface area contributed by atoms with Gasteiger partial charge in [-0.2, -0.15) is 0 Å². The van der Waals surface area contributed by atoms with E-state index < -0.39 is 0 Å². The van der Waals surface area contributed by atoms with Gasteiger partial charge in [-0.15, -0.1) is 0 Å². The molecule has 0 saturated carbocycles. The zero-order valence-corrected chi connectivity index (χ0v) is 17.8. The summed E-state index contributed by atoms with van der Waals surface area (Å²) < 4.78 is 0. The van der Waals surface area contributed by atoms with Crippen LogP contribution in [0.4, 0.5) is 5.69 Å². The predicted molar refractivity (Wildman–Crippen MR) is 123 cm³/mol. The Bertz CT molecular complexity index is 718. The molecule has 0 radical (unpaired) electrons. The number of rotatable bonds is 12. The van der Waals surface area contributed by atoms with Gasteiger partial charge in [0.25, 0.3) is 0 Å². The van der Waals surface area contributed by atoms with Gasteiger partial charge in [0, 0.05) is 24.3 Å². The van der Waals surface area contributed by atoms with Gasteiger partial charge in [0.05, 0.1) is 0 Å². The molecule has 2 aromatic rings. The van der Waals surface area contributed by atoms with Gasteiger partial charge in [0.2, 0.25) is 0 Å². The highest BCUT2D eigenvalue weighted by atomic mass is 16.1. The molecule has 0 aliphatic rings. The summed E-state index contributed by atoms with van der Waals surface area (Å²) in [5.74, 6) is 0.105. The Kier molecular flexibility index (Phi) is 9.54. The highest BCUT2D eigenvalue weighted by Crippen LogP contribution is 2.19. The highest BCUT2D eigenvalue weighted by Gasteiger charge is 2.06. The summed E-state index contributed by atoms with van der Waals surface area (Å²) in [6, 6.07) is 16.6. The van der Waals surface area contributed by atoms with E-state index in [1.54, 1.807) is 6.92 Å². The smallest absolute Gasteiger partial charge is 0.159 e. The van der Waals surface area contributed by atoms with Crippen LogP contribution in [0.1, 0.15) is 80.8 Å². The molecule has 0 unspecified atom stereocenters. The lowest BCUT2D eigenvalue weighted by molar-refractivity contribution is 0.101. The van der Waals surface area contributed by atoms with Crippen LogP contribution in [0.3, 0.4) is 0 Å². The highest BCUT2D eigenvalue weighted by molar-refractivity contribution is 5.94. The van der Waals surface area contributed by atoms with Crippen molar-refractivity contribution in [3.63, 3.8) is 0 Å². The molecule has 0 aromatic heterocycles. The molecule has 0 heterocycles. The number of hydrogen-bond donors (Lipinski definition) is 0. The summed E-state index contributed by atoms with van der Waals surface area (Å²) in [6.07, 6.45) is 11.9. The maximum absolute atomic E-state index is 11.4. The lowest BCUT2D eigenvalue weighted by atomic mass is 10.1. The third-order valence-corrected chi connectivity index (χ3v) is 5.11. The number of Topliss-reactive ketones (excluding diaryl/α,β-unsaturated/α-hetero) is 1. The second-order valence-corrected chi connectivity index (χ2v) is 7.50. The summed E-state index contributed by atoms with van der Waals surface area (Å²) in [6.45, 7) is 8.41. The minimum Gasteiger partial charge on any atom is -0.372 e. The molecule has 0 N–H and O–H groups in total. The molecule has 2 nitrogen and oxygen atoms in total. The first-order chi connectivity index (χ1) is 13.6. The van der Waals surface area contributed by atoms with Gasteiger partial charge < -0.3 is 4.90 Å². The Hall–Kier alpha value is -2.35. The van der Waals surface area contributed by atoms with E-state index in [0.29, 0.717) is 0 Å². The standard InChI is InChI=1S/C26H35NO/c1-4-6-8-20-27(21-9-7-5-2)26-18-14-24(15-19-26)11-10-23-12-16-25(17-13-23)22(3)28/h10-19H,4-9,20-21H2,1-3H3. The molecule has 0 bridgehead atoms. The minimum atomic E-state index is 0.105. The second-order valence-electron chi connectivity index (χ2n) is 7.50. The van der Waals surface area contributed by atoms with Crippen molar-refractivity contribution in [1.29, 1.82) is 0 Å². The average Bonchev–Trinajstić information content (AvgIpc) is 2.72. The molecule has 2 heteroatoms. The molecular formula is C26H35NO. The van der Waals surface area contributed by atoms with Crippen LogP contribution in [-0.2, 0) is 0 Å². The first kappa shape index (κ1) is 21.9. The van der Waals surface area contributed by atoms with E-state index in [2.05, 4.69) is 55.2 Å². The van der Waals surface area contributed by atoms with E-state index in [1.807, 2.05) is 24.3 Å². The SMILES string of the molecule is CCCCCN(CCCCC)c1ccc(C=Cc2ccc(C(C)=O)cc2)cc1. The first-order valence-electron chi connectivity index (χ1n) is 10.8. The van der Waals surface area contributed by atoms with E-state index in [0.717, 1.165) is 24.2 Å². The van der Waals surface area contributed by atoms with Crippen LogP contribution in [0.5, 0.6) is 0 Å². The maximum Gasteiger partial charge on any atom is 0.159 e. The van der Waals surface area contributed by atoms with Crippen molar-refractivity contribution in [3.05, 3.63) is 65.2 Å². The summed E-state index contributed by atoms with van der Waals surface area (Å²) >= 11 is 0. The van der Waals surface area contributed by atoms with Crippen molar-refractivity contribution in [2.24, 2.45) is 0 Å². The van der Waals surface area contributed by atoms with Crippen LogP contribution in [0, 0.1) is 0 Å². The molecule has 0 spiro atoms. The van der Waals surface area contributed by atoms with Crippen LogP contribution in [-0.4, -0.2) is 18.9 Å². The van der Waals surface area contributed by atoms with Crippen molar-refractivity contribution < 1.29 is 4.79 Å². The number of nitrogens with zero attached hydrogens (tertiary/aromatic N) is 1. The quantitative estimate of drug-likeness (QED) is 0.221. The zero-order chi connectivity index (χ0) is 20.2. The summed E-state index contributed by atoms with van der Waals surface area (Å²) in [5, 5.41) is 0. The summed E-state index contributed by atoms with van der Waals surface area (Å²) in [7, 11) is 0. The fourth-order valence-electron chi connectivity index (χ4n) is 3.29. The average molecular weight is 378 g/mol. The fraction of sp³-hybridized carbons (Fsp3) is 0.423. The third kappa shape index (κ3) is 7.34. The van der Waals surface area contributed by atoms with Crippen molar-refractivity contribution in [1.82, 2.24) is 0 Å². The van der Waals surface area contributed by atoms with Gasteiger partial charge in [0.15, 0.2) is 5.78 Å². The largest absolute Gasteiger partial charge is 0.372 e. The first-order valence-corrected chi connectivity index (χ1v) is 10.8. The topological polar surface area (TPSA) is 20.3 Å². The van der Waals surface area contributed by atoms with Crippen molar-refractivity contribution in [2.45, 2.75) is 59.3 Å². The number of carbonyl (C=O) groups is 1. The number of benzene rings is 2. The Morgan fingerprint density at radius 1 is 0.750 bits per heavy atom. The van der Waals surface area contributed by atoms with Crippen LogP contribution >= 0.6 is 0 Å². The molecule has 150 valence electrons. The summed E-state index contributed by atoms with van der Waals surface area (Å²) in [4.78, 5) is 13.9. The molecule has 0 fully saturated rings. The number of anilines is 1. The summed E-state index contributed by atoms with van der Waals surface area (Å²) in [5.41, 5.74) is 4.39. The predicted octanol–water partition coefficient (Wildman–Crippen LogP) is 7.25. The van der Waals surface area contributed by atoms with E-state index in [4.69, 9.17) is 0 Å². The molecule has 0 aliphatic carbocycles. The van der Waals surface area contributed by atoms with Crippen LogP contribution in [0.2, 0.25) is 0 Å². The van der Waals surface area contributed by atoms with Gasteiger partial charge >= 0.3 is 0 Å². The Morgan fingerprint density at radius 3 is 1.64 bits per heavy atom. The Morgan fingerprint density at radius 2 is 1.21 bits per heavy atom. The molecule has 0 atom stereocenters. The monoisotopic (exact) mass is 377 g/mol. The molecular weight excluding hydrogens is 342 g/mol. The van der Waals surface area contributed by atoms with Crippen molar-refractivity contribution in [2.75, 3.05) is 18.0 Å². The van der Waals surface area contributed by atoms with E-state index >= 15 is 0 Å². The Labute approximate surface area is 171 Å². The van der Waals surface area contributed by atoms with Gasteiger partial charge in [-0.25, -0.2) is 0 Å². The number of ketones is 1. The lowest BCUT2D eigenvalue weighted by Gasteiger charge is -2.25. The third-order valence-electron chi connectivity index (χ3n) is 5.11. The fourth-order valence-corrected chi connectivity index (χ4v) is 3.29. The molecule has 2 aromatic carbocycles. The molecule has 0 amide bonds. The molecule has 0 aliphatic heterocycles. The Balaban J connectivity index is 2.01. The number of carbonyl (C=O) groups excluding carboxylic acids is 1. The van der Waals surface area contributed by atoms with Gasteiger partial charge in [0.1, 0.15) is 0 Å². The minimum absolute atomic E-state index is 0.105. The van der Waals surface area contributed by atoms with Gasteiger partial charge in [-0.1, -0.05) is 88.1 Å². The molecule has 0 saturated heterocycles.